The van der Waals surface area contributed by atoms with Crippen LogP contribution >= 0.6 is 34.8 Å². The van der Waals surface area contributed by atoms with Crippen LogP contribution in [-0.2, 0) is 42.2 Å². The summed E-state index contributed by atoms with van der Waals surface area (Å²) in [5, 5.41) is 4.90. The van der Waals surface area contributed by atoms with Gasteiger partial charge in [0.15, 0.2) is 17.1 Å². The zero-order chi connectivity index (χ0) is 56.5. The van der Waals surface area contributed by atoms with Crippen molar-refractivity contribution in [2.24, 2.45) is 0 Å². The molecule has 0 saturated heterocycles. The minimum Gasteiger partial charge on any atom is -0.384 e. The summed E-state index contributed by atoms with van der Waals surface area (Å²) in [7, 11) is 0. The van der Waals surface area contributed by atoms with Gasteiger partial charge in [0.2, 0.25) is 0 Å². The lowest BCUT2D eigenvalue weighted by atomic mass is 10.0. The highest BCUT2D eigenvalue weighted by molar-refractivity contribution is 6.67. The molecule has 0 bridgehead atoms. The Morgan fingerprint density at radius 3 is 1.49 bits per heavy atom. The summed E-state index contributed by atoms with van der Waals surface area (Å²) in [4.78, 5) is 63.5. The average molecular weight is 1120 g/mol. The number of benzene rings is 2. The van der Waals surface area contributed by atoms with E-state index in [1.807, 2.05) is 67.6 Å². The van der Waals surface area contributed by atoms with E-state index in [0.717, 1.165) is 96.8 Å². The molecule has 0 atom stereocenters. The van der Waals surface area contributed by atoms with Crippen molar-refractivity contribution in [1.29, 1.82) is 0 Å². The number of Topliss-reactive ketones (excluding diaryl/α,β-unsaturated/α-hetero) is 1. The molecule has 0 aliphatic heterocycles. The van der Waals surface area contributed by atoms with Crippen LogP contribution in [0.25, 0.3) is 44.6 Å². The molecule has 6 aromatic heterocycles. The third-order valence-electron chi connectivity index (χ3n) is 11.7. The van der Waals surface area contributed by atoms with Crippen LogP contribution in [0.1, 0.15) is 103 Å². The fourth-order valence-corrected chi connectivity index (χ4v) is 8.43. The molecule has 0 saturated carbocycles. The van der Waals surface area contributed by atoms with Gasteiger partial charge in [0, 0.05) is 59.9 Å². The molecule has 13 nitrogen and oxygen atoms in total. The lowest BCUT2D eigenvalue weighted by Crippen LogP contribution is -2.38. The van der Waals surface area contributed by atoms with Gasteiger partial charge in [-0.3, -0.25) is 34.1 Å². The fourth-order valence-electron chi connectivity index (χ4n) is 7.89. The van der Waals surface area contributed by atoms with E-state index in [1.165, 1.54) is 6.07 Å². The topological polar surface area (TPSA) is 180 Å². The van der Waals surface area contributed by atoms with Gasteiger partial charge < -0.3 is 25.5 Å². The molecule has 77 heavy (non-hydrogen) atoms. The monoisotopic (exact) mass is 1120 g/mol. The number of nitrogens with one attached hydrogen (secondary N) is 2. The number of rotatable bonds is 16. The number of aromatic nitrogens is 6. The van der Waals surface area contributed by atoms with Crippen molar-refractivity contribution < 1.29 is 45.5 Å². The summed E-state index contributed by atoms with van der Waals surface area (Å²) in [6.07, 6.45) is -3.94. The molecule has 0 fully saturated rings. The van der Waals surface area contributed by atoms with Gasteiger partial charge in [-0.1, -0.05) is 47.5 Å². The first-order valence-electron chi connectivity index (χ1n) is 23.8. The highest BCUT2D eigenvalue weighted by Gasteiger charge is 2.28. The molecule has 0 unspecified atom stereocenters. The molecule has 0 radical (unpaired) electrons. The number of hydrogen-bond acceptors (Lipinski definition) is 9. The van der Waals surface area contributed by atoms with Crippen molar-refractivity contribution in [3.05, 3.63) is 159 Å². The Kier molecular flexibility index (Phi) is 19.3. The zero-order valence-corrected chi connectivity index (χ0v) is 44.6. The maximum atomic E-state index is 13.8. The molecule has 2 amide bonds. The minimum absolute atomic E-state index is 0.153. The number of pyridine rings is 4. The molecule has 2 aromatic carbocycles. The number of fused-ring (bicyclic) bond motifs is 2. The van der Waals surface area contributed by atoms with E-state index in [9.17, 15) is 45.5 Å². The van der Waals surface area contributed by atoms with Crippen molar-refractivity contribution in [3.8, 4) is 22.5 Å². The van der Waals surface area contributed by atoms with Crippen molar-refractivity contribution >= 4 is 85.5 Å². The smallest absolute Gasteiger partial charge is 0.281 e. The Bertz CT molecular complexity index is 3470. The van der Waals surface area contributed by atoms with Crippen LogP contribution < -0.4 is 16.4 Å². The van der Waals surface area contributed by atoms with E-state index in [0.29, 0.717) is 34.2 Å². The van der Waals surface area contributed by atoms with Gasteiger partial charge in [-0.15, -0.1) is 0 Å². The zero-order valence-electron chi connectivity index (χ0n) is 42.4. The Morgan fingerprint density at radius 2 is 1.06 bits per heavy atom. The van der Waals surface area contributed by atoms with Gasteiger partial charge in [0.25, 0.3) is 29.9 Å². The largest absolute Gasteiger partial charge is 0.384 e. The summed E-state index contributed by atoms with van der Waals surface area (Å²) in [6.45, 7) is 9.72. The number of carbonyl (C=O) groups excluding carboxylic acids is 4. The molecule has 8 aromatic rings. The Labute approximate surface area is 454 Å². The van der Waals surface area contributed by atoms with Crippen LogP contribution in [0.4, 0.5) is 32.2 Å². The molecule has 0 aliphatic carbocycles. The number of alkyl halides is 6. The molecule has 404 valence electrons. The molecule has 0 aliphatic rings. The van der Waals surface area contributed by atoms with Gasteiger partial charge >= 0.3 is 0 Å². The predicted octanol–water partition coefficient (Wildman–Crippen LogP) is 13.2. The van der Waals surface area contributed by atoms with Gasteiger partial charge in [-0.2, -0.15) is 0 Å². The number of anilines is 1. The molecule has 8 rings (SSSR count). The number of amides is 2. The normalized spacial score (nSPS) is 11.5. The maximum absolute atomic E-state index is 13.8. The summed E-state index contributed by atoms with van der Waals surface area (Å²) in [6, 6.07) is 29.0. The first kappa shape index (κ1) is 58.9. The summed E-state index contributed by atoms with van der Waals surface area (Å²) < 4.78 is 83.8. The first-order chi connectivity index (χ1) is 36.3. The van der Waals surface area contributed by atoms with E-state index < -0.39 is 64.0 Å². The van der Waals surface area contributed by atoms with E-state index in [-0.39, 0.29) is 30.6 Å². The van der Waals surface area contributed by atoms with Crippen LogP contribution in [-0.4, -0.2) is 63.2 Å². The second-order valence-corrected chi connectivity index (χ2v) is 19.5. The second-order valence-electron chi connectivity index (χ2n) is 18.3. The summed E-state index contributed by atoms with van der Waals surface area (Å²) in [5.41, 5.74) is 8.00. The number of aryl methyl sites for hydroxylation is 2. The van der Waals surface area contributed by atoms with Crippen LogP contribution in [0.2, 0.25) is 10.0 Å². The predicted molar refractivity (Wildman–Crippen MR) is 287 cm³/mol. The van der Waals surface area contributed by atoms with Gasteiger partial charge in [-0.05, 0) is 148 Å². The molecular formula is C55H52Cl3F6N9O4. The molecule has 6 heterocycles. The first-order valence-corrected chi connectivity index (χ1v) is 24.9. The summed E-state index contributed by atoms with van der Waals surface area (Å²) in [5.74, 6) is -1.78. The highest BCUT2D eigenvalue weighted by atomic mass is 35.5. The quantitative estimate of drug-likeness (QED) is 0.0482. The number of carbonyl (C=O) groups is 4. The molecule has 0 spiro atoms. The SMILES string of the molecule is CC(C)(F)C(=O)NCc1cnc(C(F)F)c(C(=O)Cl)c1.CCn1c(-c2cccc(Cl)c2)cc2nc(CC(=O)c3cc(CNC(=O)C(C)(C)F)cnc3C(F)F)ccc21.CCn1c(-c2cccc(Cl)c2)cc2nc(N)ccc21. The van der Waals surface area contributed by atoms with Gasteiger partial charge in [0.05, 0.1) is 45.4 Å². The Morgan fingerprint density at radius 1 is 0.623 bits per heavy atom. The van der Waals surface area contributed by atoms with Crippen LogP contribution in [0.3, 0.4) is 0 Å². The van der Waals surface area contributed by atoms with E-state index in [2.05, 4.69) is 58.8 Å². The molecular weight excluding hydrogens is 1070 g/mol. The molecule has 4 N–H and O–H groups in total. The number of nitrogens with zero attached hydrogens (tertiary/aromatic N) is 6. The third kappa shape index (κ3) is 15.0. The van der Waals surface area contributed by atoms with Crippen molar-refractivity contribution in [2.75, 3.05) is 5.73 Å². The number of halogens is 9. The van der Waals surface area contributed by atoms with Crippen LogP contribution in [0.5, 0.6) is 0 Å². The van der Waals surface area contributed by atoms with E-state index in [4.69, 9.17) is 40.5 Å². The maximum Gasteiger partial charge on any atom is 0.281 e. The van der Waals surface area contributed by atoms with Gasteiger partial charge in [0.1, 0.15) is 17.2 Å². The Hall–Kier alpha value is -7.35. The molecule has 22 heteroatoms. The number of ketones is 1. The van der Waals surface area contributed by atoms with Crippen molar-refractivity contribution in [3.63, 3.8) is 0 Å². The van der Waals surface area contributed by atoms with E-state index >= 15 is 0 Å². The van der Waals surface area contributed by atoms with Crippen LogP contribution in [0.15, 0.2) is 109 Å². The van der Waals surface area contributed by atoms with Gasteiger partial charge in [-0.25, -0.2) is 31.3 Å². The second kappa shape index (κ2) is 25.2. The lowest BCUT2D eigenvalue weighted by molar-refractivity contribution is -0.131. The third-order valence-corrected chi connectivity index (χ3v) is 12.3. The number of nitrogen functional groups attached to an aromatic ring is 1. The average Bonchev–Trinajstić information content (AvgIpc) is 3.96. The minimum atomic E-state index is -2.98. The number of nitrogens with two attached hydrogens (primary N) is 1. The lowest BCUT2D eigenvalue weighted by Gasteiger charge is -2.15. The standard InChI is InChI=1S/C28H26ClF3N4O2.C15H14ClN3.C12H12ClF3N2O2/c1-4-36-22-9-8-19(35-21(22)13-23(36)17-6-5-7-18(29)11-17)12-24(37)20-10-16(14-33-25(20)26(30)31)15-34-27(38)28(2,3)32;1-2-19-13-6-7-15(17)18-12(13)9-14(19)10-4-3-5-11(16)8-10;1-12(2,16)11(20)18-5-6-3-7(9(13)19)8(10(14)15)17-4-6/h5-11,13-14,26H,4,12,15H2,1-3H3,(H,34,38);3-9H,2H2,1H3,(H2,17,18);3-4,10H,5H2,1-2H3,(H,18,20). The highest BCUT2D eigenvalue weighted by Crippen LogP contribution is 2.32. The van der Waals surface area contributed by atoms with Crippen LogP contribution in [0, 0.1) is 0 Å². The fraction of sp³-hybridized carbons (Fsp3) is 0.273. The van der Waals surface area contributed by atoms with Crippen molar-refractivity contribution in [2.45, 2.75) is 98.3 Å². The van der Waals surface area contributed by atoms with Crippen molar-refractivity contribution in [1.82, 2.24) is 39.7 Å². The summed E-state index contributed by atoms with van der Waals surface area (Å²) >= 11 is 17.4. The van der Waals surface area contributed by atoms with E-state index in [1.54, 1.807) is 12.1 Å². The Balaban J connectivity index is 0.000000207. The number of hydrogen-bond donors (Lipinski definition) is 3.